The highest BCUT2D eigenvalue weighted by atomic mass is 35.5. The number of anilines is 1. The second kappa shape index (κ2) is 17.1. The number of sulfonamides is 1. The normalized spacial score (nSPS) is 14.0. The van der Waals surface area contributed by atoms with E-state index in [2.05, 4.69) is 5.32 Å². The van der Waals surface area contributed by atoms with E-state index in [0.29, 0.717) is 21.4 Å². The van der Waals surface area contributed by atoms with E-state index < -0.39 is 28.5 Å². The van der Waals surface area contributed by atoms with E-state index in [0.717, 1.165) is 42.0 Å². The molecule has 0 saturated heterocycles. The predicted molar refractivity (Wildman–Crippen MR) is 196 cm³/mol. The van der Waals surface area contributed by atoms with E-state index in [1.54, 1.807) is 48.5 Å². The summed E-state index contributed by atoms with van der Waals surface area (Å²) in [6, 6.07) is 26.0. The van der Waals surface area contributed by atoms with Crippen LogP contribution in [0.5, 0.6) is 11.5 Å². The Labute approximate surface area is 304 Å². The average molecular weight is 739 g/mol. The number of benzene rings is 4. The van der Waals surface area contributed by atoms with Crippen molar-refractivity contribution in [2.75, 3.05) is 25.1 Å². The van der Waals surface area contributed by atoms with Gasteiger partial charge in [0.15, 0.2) is 11.5 Å². The summed E-state index contributed by atoms with van der Waals surface area (Å²) < 4.78 is 40.6. The number of nitrogens with one attached hydrogen (secondary N) is 1. The number of carbonyl (C=O) groups is 2. The van der Waals surface area contributed by atoms with Gasteiger partial charge in [0.1, 0.15) is 12.6 Å². The van der Waals surface area contributed by atoms with Gasteiger partial charge in [0.2, 0.25) is 11.8 Å². The minimum Gasteiger partial charge on any atom is -0.493 e. The van der Waals surface area contributed by atoms with Gasteiger partial charge in [-0.3, -0.25) is 13.9 Å². The van der Waals surface area contributed by atoms with Crippen molar-refractivity contribution in [3.63, 3.8) is 0 Å². The number of halogens is 2. The van der Waals surface area contributed by atoms with Gasteiger partial charge in [-0.25, -0.2) is 8.42 Å². The van der Waals surface area contributed by atoms with Crippen molar-refractivity contribution in [3.8, 4) is 11.5 Å². The smallest absolute Gasteiger partial charge is 0.264 e. The predicted octanol–water partition coefficient (Wildman–Crippen LogP) is 7.29. The van der Waals surface area contributed by atoms with Crippen molar-refractivity contribution in [1.82, 2.24) is 10.2 Å². The Balaban J connectivity index is 1.58. The van der Waals surface area contributed by atoms with Crippen LogP contribution in [0.1, 0.15) is 43.2 Å². The fraction of sp³-hybridized carbons (Fsp3) is 0.316. The number of ether oxygens (including phenoxy) is 2. The zero-order chi connectivity index (χ0) is 35.7. The van der Waals surface area contributed by atoms with Crippen LogP contribution in [0.4, 0.5) is 5.69 Å². The Bertz CT molecular complexity index is 1870. The van der Waals surface area contributed by atoms with Crippen LogP contribution in [-0.2, 0) is 32.6 Å². The second-order valence-corrected chi connectivity index (χ2v) is 14.9. The number of nitrogens with zero attached hydrogens (tertiary/aromatic N) is 2. The van der Waals surface area contributed by atoms with E-state index in [9.17, 15) is 18.0 Å². The molecule has 1 aliphatic carbocycles. The molecule has 264 valence electrons. The minimum atomic E-state index is -4.35. The molecule has 4 aromatic rings. The van der Waals surface area contributed by atoms with E-state index in [1.165, 1.54) is 37.3 Å². The van der Waals surface area contributed by atoms with Crippen LogP contribution < -0.4 is 19.1 Å². The summed E-state index contributed by atoms with van der Waals surface area (Å²) in [5, 5.41) is 3.94. The number of hydrogen-bond acceptors (Lipinski definition) is 6. The first-order chi connectivity index (χ1) is 24.1. The maximum Gasteiger partial charge on any atom is 0.264 e. The van der Waals surface area contributed by atoms with Gasteiger partial charge in [-0.2, -0.15) is 0 Å². The van der Waals surface area contributed by atoms with Gasteiger partial charge in [-0.1, -0.05) is 97.1 Å². The fourth-order valence-electron chi connectivity index (χ4n) is 6.16. The van der Waals surface area contributed by atoms with Gasteiger partial charge in [0, 0.05) is 35.1 Å². The molecule has 9 nitrogen and oxygen atoms in total. The average Bonchev–Trinajstić information content (AvgIpc) is 3.13. The molecule has 50 heavy (non-hydrogen) atoms. The molecule has 1 N–H and O–H groups in total. The zero-order valence-electron chi connectivity index (χ0n) is 28.1. The molecule has 12 heteroatoms. The Kier molecular flexibility index (Phi) is 12.7. The summed E-state index contributed by atoms with van der Waals surface area (Å²) >= 11 is 12.8. The van der Waals surface area contributed by atoms with Crippen LogP contribution in [0.3, 0.4) is 0 Å². The first-order valence-corrected chi connectivity index (χ1v) is 18.7. The summed E-state index contributed by atoms with van der Waals surface area (Å²) in [4.78, 5) is 30.4. The molecule has 5 rings (SSSR count). The summed E-state index contributed by atoms with van der Waals surface area (Å²) in [6.45, 7) is -0.669. The van der Waals surface area contributed by atoms with E-state index >= 15 is 0 Å². The van der Waals surface area contributed by atoms with Crippen molar-refractivity contribution < 1.29 is 27.5 Å². The molecule has 1 saturated carbocycles. The maximum absolute atomic E-state index is 14.8. The molecule has 0 aromatic heterocycles. The number of amides is 2. The molecule has 1 unspecified atom stereocenters. The number of para-hydroxylation sites is 1. The van der Waals surface area contributed by atoms with Gasteiger partial charge in [0.05, 0.1) is 24.8 Å². The van der Waals surface area contributed by atoms with E-state index in [-0.39, 0.29) is 41.2 Å². The zero-order valence-corrected chi connectivity index (χ0v) is 30.4. The van der Waals surface area contributed by atoms with E-state index in [1.807, 2.05) is 30.3 Å². The monoisotopic (exact) mass is 737 g/mol. The lowest BCUT2D eigenvalue weighted by molar-refractivity contribution is -0.140. The molecule has 0 radical (unpaired) electrons. The summed E-state index contributed by atoms with van der Waals surface area (Å²) in [7, 11) is -1.48. The second-order valence-electron chi connectivity index (χ2n) is 12.2. The van der Waals surface area contributed by atoms with Crippen LogP contribution in [0.25, 0.3) is 0 Å². The third kappa shape index (κ3) is 9.10. The highest BCUT2D eigenvalue weighted by molar-refractivity contribution is 7.92. The Hall–Kier alpha value is -4.25. The van der Waals surface area contributed by atoms with Crippen LogP contribution in [0.2, 0.25) is 10.0 Å². The van der Waals surface area contributed by atoms with Crippen molar-refractivity contribution in [3.05, 3.63) is 118 Å². The fourth-order valence-corrected chi connectivity index (χ4v) is 8.06. The molecule has 0 aliphatic heterocycles. The van der Waals surface area contributed by atoms with Crippen LogP contribution in [0, 0.1) is 0 Å². The SMILES string of the molecule is COc1ccc(S(=O)(=O)N(CC(=O)N(Cc2ccc(Cl)cc2Cl)C(Cc2ccccc2)C(=O)NC2CCCCC2)c2ccccc2)cc1OC. The van der Waals surface area contributed by atoms with Crippen molar-refractivity contribution in [2.24, 2.45) is 0 Å². The molecular weight excluding hydrogens is 697 g/mol. The van der Waals surface area contributed by atoms with Crippen molar-refractivity contribution >= 4 is 50.7 Å². The molecule has 1 atom stereocenters. The number of methoxy groups -OCH3 is 2. The molecule has 4 aromatic carbocycles. The largest absolute Gasteiger partial charge is 0.493 e. The molecular formula is C38H41Cl2N3O6S. The van der Waals surface area contributed by atoms with Crippen molar-refractivity contribution in [1.29, 1.82) is 0 Å². The highest BCUT2D eigenvalue weighted by Gasteiger charge is 2.36. The molecule has 1 fully saturated rings. The van der Waals surface area contributed by atoms with Gasteiger partial charge in [0.25, 0.3) is 10.0 Å². The highest BCUT2D eigenvalue weighted by Crippen LogP contribution is 2.33. The quantitative estimate of drug-likeness (QED) is 0.146. The molecule has 2 amide bonds. The molecule has 0 spiro atoms. The van der Waals surface area contributed by atoms with Crippen LogP contribution in [0.15, 0.2) is 102 Å². The number of hydrogen-bond donors (Lipinski definition) is 1. The number of rotatable bonds is 14. The standard InChI is InChI=1S/C38H41Cl2N3O6S/c1-48-35-21-20-32(24-36(35)49-2)50(46,47)43(31-16-10-5-11-17-31)26-37(44)42(25-28-18-19-29(39)23-33(28)40)34(22-27-12-6-3-7-13-27)38(45)41-30-14-8-4-9-15-30/h3,5-7,10-13,16-21,23-24,30,34H,4,8-9,14-15,22,25-26H2,1-2H3,(H,41,45). The molecule has 1 aliphatic rings. The minimum absolute atomic E-state index is 0.0168. The van der Waals surface area contributed by atoms with Crippen LogP contribution >= 0.6 is 23.2 Å². The van der Waals surface area contributed by atoms with Gasteiger partial charge < -0.3 is 19.7 Å². The Morgan fingerprint density at radius 3 is 2.14 bits per heavy atom. The van der Waals surface area contributed by atoms with Gasteiger partial charge in [-0.15, -0.1) is 0 Å². The molecule has 0 bridgehead atoms. The van der Waals surface area contributed by atoms with Gasteiger partial charge >= 0.3 is 0 Å². The van der Waals surface area contributed by atoms with Gasteiger partial charge in [-0.05, 0) is 60.4 Å². The third-order valence-electron chi connectivity index (χ3n) is 8.84. The Morgan fingerprint density at radius 2 is 1.50 bits per heavy atom. The van der Waals surface area contributed by atoms with Crippen molar-refractivity contribution in [2.45, 2.75) is 62.0 Å². The summed E-state index contributed by atoms with van der Waals surface area (Å²) in [5.74, 6) is -0.335. The summed E-state index contributed by atoms with van der Waals surface area (Å²) in [5.41, 5.74) is 1.67. The first-order valence-electron chi connectivity index (χ1n) is 16.5. The lowest BCUT2D eigenvalue weighted by Gasteiger charge is -2.35. The summed E-state index contributed by atoms with van der Waals surface area (Å²) in [6.07, 6.45) is 5.04. The lowest BCUT2D eigenvalue weighted by atomic mass is 9.94. The lowest BCUT2D eigenvalue weighted by Crippen LogP contribution is -2.55. The number of carbonyl (C=O) groups excluding carboxylic acids is 2. The Morgan fingerprint density at radius 1 is 0.840 bits per heavy atom. The topological polar surface area (TPSA) is 105 Å². The third-order valence-corrected chi connectivity index (χ3v) is 11.2. The van der Waals surface area contributed by atoms with Crippen LogP contribution in [-0.4, -0.2) is 58.0 Å². The van der Waals surface area contributed by atoms with E-state index in [4.69, 9.17) is 32.7 Å². The molecule has 0 heterocycles. The first kappa shape index (κ1) is 37.0. The maximum atomic E-state index is 14.8.